The largest absolute Gasteiger partial charge is 0.449 e. The minimum absolute atomic E-state index is 0.298. The molecular weight excluding hydrogens is 352 g/mol. The van der Waals surface area contributed by atoms with Gasteiger partial charge in [-0.15, -0.1) is 0 Å². The highest BCUT2D eigenvalue weighted by molar-refractivity contribution is 5.86. The van der Waals surface area contributed by atoms with Crippen LogP contribution in [0.25, 0.3) is 5.65 Å². The Morgan fingerprint density at radius 2 is 1.89 bits per heavy atom. The van der Waals surface area contributed by atoms with Crippen molar-refractivity contribution >= 4 is 23.1 Å². The maximum atomic E-state index is 12.1. The smallest absolute Gasteiger partial charge is 0.411 e. The zero-order chi connectivity index (χ0) is 20.3. The van der Waals surface area contributed by atoms with Crippen molar-refractivity contribution in [3.05, 3.63) is 59.0 Å². The molecule has 2 N–H and O–H groups in total. The zero-order valence-corrected chi connectivity index (χ0v) is 17.2. The van der Waals surface area contributed by atoms with E-state index in [0.29, 0.717) is 19.1 Å². The summed E-state index contributed by atoms with van der Waals surface area (Å²) < 4.78 is 7.34. The fourth-order valence-electron chi connectivity index (χ4n) is 3.06. The number of pyridine rings is 1. The van der Waals surface area contributed by atoms with Crippen molar-refractivity contribution in [3.8, 4) is 0 Å². The third kappa shape index (κ3) is 4.27. The van der Waals surface area contributed by atoms with Crippen molar-refractivity contribution in [2.24, 2.45) is 5.92 Å². The average molecular weight is 380 g/mol. The molecule has 0 radical (unpaired) electrons. The molecule has 0 aliphatic heterocycles. The molecule has 2 heterocycles. The SMILES string of the molecule is Cc1cccc(NC(=O)OCC(C)C)c1CNc1cccn2c(C)c(C)nc12. The van der Waals surface area contributed by atoms with E-state index in [-0.39, 0.29) is 0 Å². The number of carbonyl (C=O) groups is 1. The lowest BCUT2D eigenvalue weighted by Crippen LogP contribution is -2.18. The van der Waals surface area contributed by atoms with Crippen LogP contribution in [0.4, 0.5) is 16.2 Å². The number of nitrogens with zero attached hydrogens (tertiary/aromatic N) is 2. The predicted octanol–water partition coefficient (Wildman–Crippen LogP) is 5.08. The van der Waals surface area contributed by atoms with Crippen LogP contribution < -0.4 is 10.6 Å². The van der Waals surface area contributed by atoms with Crippen LogP contribution in [-0.2, 0) is 11.3 Å². The molecule has 0 bridgehead atoms. The summed E-state index contributed by atoms with van der Waals surface area (Å²) in [6, 6.07) is 9.88. The highest BCUT2D eigenvalue weighted by Gasteiger charge is 2.12. The van der Waals surface area contributed by atoms with E-state index in [0.717, 1.165) is 39.5 Å². The molecule has 0 saturated carbocycles. The molecule has 0 saturated heterocycles. The molecule has 2 aromatic heterocycles. The third-order valence-electron chi connectivity index (χ3n) is 4.78. The van der Waals surface area contributed by atoms with Gasteiger partial charge in [0, 0.05) is 24.1 Å². The van der Waals surface area contributed by atoms with Gasteiger partial charge in [-0.2, -0.15) is 0 Å². The topological polar surface area (TPSA) is 67.7 Å². The Hall–Kier alpha value is -3.02. The minimum Gasteiger partial charge on any atom is -0.449 e. The Morgan fingerprint density at radius 1 is 1.14 bits per heavy atom. The molecular formula is C22H28N4O2. The molecule has 148 valence electrons. The minimum atomic E-state index is -0.429. The van der Waals surface area contributed by atoms with Crippen LogP contribution in [-0.4, -0.2) is 22.1 Å². The van der Waals surface area contributed by atoms with Crippen LogP contribution >= 0.6 is 0 Å². The highest BCUT2D eigenvalue weighted by atomic mass is 16.5. The van der Waals surface area contributed by atoms with Gasteiger partial charge < -0.3 is 14.5 Å². The first kappa shape index (κ1) is 19.7. The number of hydrogen-bond donors (Lipinski definition) is 2. The van der Waals surface area contributed by atoms with Crippen molar-refractivity contribution in [1.82, 2.24) is 9.38 Å². The number of rotatable bonds is 6. The summed E-state index contributed by atoms with van der Waals surface area (Å²) in [6.07, 6.45) is 1.59. The van der Waals surface area contributed by atoms with Crippen LogP contribution in [0.1, 0.15) is 36.4 Å². The summed E-state index contributed by atoms with van der Waals surface area (Å²) in [4.78, 5) is 16.8. The fraction of sp³-hybridized carbons (Fsp3) is 0.364. The Morgan fingerprint density at radius 3 is 2.64 bits per heavy atom. The van der Waals surface area contributed by atoms with Crippen LogP contribution in [0.5, 0.6) is 0 Å². The Kier molecular flexibility index (Phi) is 5.87. The van der Waals surface area contributed by atoms with E-state index in [4.69, 9.17) is 4.74 Å². The number of nitrogens with one attached hydrogen (secondary N) is 2. The van der Waals surface area contributed by atoms with Gasteiger partial charge in [0.15, 0.2) is 5.65 Å². The molecule has 3 aromatic rings. The number of aryl methyl sites for hydroxylation is 3. The molecule has 0 atom stereocenters. The second-order valence-electron chi connectivity index (χ2n) is 7.47. The summed E-state index contributed by atoms with van der Waals surface area (Å²) >= 11 is 0. The molecule has 0 spiro atoms. The van der Waals surface area contributed by atoms with Gasteiger partial charge in [-0.25, -0.2) is 9.78 Å². The molecule has 0 unspecified atom stereocenters. The maximum absolute atomic E-state index is 12.1. The van der Waals surface area contributed by atoms with Gasteiger partial charge in [0.05, 0.1) is 18.0 Å². The van der Waals surface area contributed by atoms with Crippen LogP contribution in [0, 0.1) is 26.7 Å². The van der Waals surface area contributed by atoms with E-state index < -0.39 is 6.09 Å². The number of fused-ring (bicyclic) bond motifs is 1. The first-order valence-corrected chi connectivity index (χ1v) is 9.57. The van der Waals surface area contributed by atoms with Gasteiger partial charge in [0.25, 0.3) is 0 Å². The lowest BCUT2D eigenvalue weighted by atomic mass is 10.1. The van der Waals surface area contributed by atoms with Crippen molar-refractivity contribution in [3.63, 3.8) is 0 Å². The Balaban J connectivity index is 1.80. The second-order valence-corrected chi connectivity index (χ2v) is 7.47. The zero-order valence-electron chi connectivity index (χ0n) is 17.2. The lowest BCUT2D eigenvalue weighted by Gasteiger charge is -2.16. The predicted molar refractivity (Wildman–Crippen MR) is 113 cm³/mol. The average Bonchev–Trinajstić information content (AvgIpc) is 2.95. The van der Waals surface area contributed by atoms with Crippen molar-refractivity contribution in [1.29, 1.82) is 0 Å². The third-order valence-corrected chi connectivity index (χ3v) is 4.78. The molecule has 6 heteroatoms. The van der Waals surface area contributed by atoms with Crippen molar-refractivity contribution in [2.75, 3.05) is 17.2 Å². The molecule has 1 amide bonds. The van der Waals surface area contributed by atoms with Crippen molar-refractivity contribution in [2.45, 2.75) is 41.2 Å². The van der Waals surface area contributed by atoms with E-state index in [9.17, 15) is 4.79 Å². The quantitative estimate of drug-likeness (QED) is 0.626. The molecule has 6 nitrogen and oxygen atoms in total. The molecule has 0 aliphatic carbocycles. The molecule has 0 aliphatic rings. The van der Waals surface area contributed by atoms with E-state index in [1.165, 1.54) is 0 Å². The van der Waals surface area contributed by atoms with Gasteiger partial charge in [0.2, 0.25) is 0 Å². The number of benzene rings is 1. The van der Waals surface area contributed by atoms with E-state index in [1.807, 2.05) is 64.2 Å². The Labute approximate surface area is 165 Å². The monoisotopic (exact) mass is 380 g/mol. The summed E-state index contributed by atoms with van der Waals surface area (Å²) in [7, 11) is 0. The lowest BCUT2D eigenvalue weighted by molar-refractivity contribution is 0.147. The summed E-state index contributed by atoms with van der Waals surface area (Å²) in [5, 5.41) is 6.35. The number of imidazole rings is 1. The number of carbonyl (C=O) groups excluding carboxylic acids is 1. The first-order chi connectivity index (χ1) is 13.4. The van der Waals surface area contributed by atoms with Gasteiger partial charge in [-0.1, -0.05) is 26.0 Å². The van der Waals surface area contributed by atoms with Gasteiger partial charge >= 0.3 is 6.09 Å². The van der Waals surface area contributed by atoms with Crippen LogP contribution in [0.15, 0.2) is 36.5 Å². The van der Waals surface area contributed by atoms with E-state index in [1.54, 1.807) is 0 Å². The molecule has 1 aromatic carbocycles. The second kappa shape index (κ2) is 8.33. The highest BCUT2D eigenvalue weighted by Crippen LogP contribution is 2.24. The maximum Gasteiger partial charge on any atom is 0.411 e. The summed E-state index contributed by atoms with van der Waals surface area (Å²) in [5.41, 5.74) is 6.86. The molecule has 28 heavy (non-hydrogen) atoms. The molecule has 0 fully saturated rings. The number of aromatic nitrogens is 2. The normalized spacial score (nSPS) is 11.1. The van der Waals surface area contributed by atoms with E-state index >= 15 is 0 Å². The van der Waals surface area contributed by atoms with Gasteiger partial charge in [-0.05, 0) is 56.0 Å². The summed E-state index contributed by atoms with van der Waals surface area (Å²) in [6.45, 7) is 11.1. The summed E-state index contributed by atoms with van der Waals surface area (Å²) in [5.74, 6) is 0.298. The van der Waals surface area contributed by atoms with E-state index in [2.05, 4.69) is 26.9 Å². The standard InChI is InChI=1S/C22H28N4O2/c1-14(2)13-28-22(27)25-19-9-6-8-15(3)18(19)12-23-20-10-7-11-26-17(5)16(4)24-21(20)26/h6-11,14,23H,12-13H2,1-5H3,(H,25,27). The van der Waals surface area contributed by atoms with Crippen molar-refractivity contribution < 1.29 is 9.53 Å². The van der Waals surface area contributed by atoms with Crippen LogP contribution in [0.3, 0.4) is 0 Å². The first-order valence-electron chi connectivity index (χ1n) is 9.57. The van der Waals surface area contributed by atoms with Gasteiger partial charge in [0.1, 0.15) is 0 Å². The number of ether oxygens (including phenoxy) is 1. The number of anilines is 2. The number of amides is 1. The van der Waals surface area contributed by atoms with Crippen LogP contribution in [0.2, 0.25) is 0 Å². The number of hydrogen-bond acceptors (Lipinski definition) is 4. The molecule has 3 rings (SSSR count). The Bertz CT molecular complexity index is 992. The fourth-order valence-corrected chi connectivity index (χ4v) is 3.06. The van der Waals surface area contributed by atoms with Gasteiger partial charge in [-0.3, -0.25) is 5.32 Å².